The Bertz CT molecular complexity index is 1160. The van der Waals surface area contributed by atoms with E-state index >= 15 is 0 Å². The maximum atomic E-state index is 13.0. The van der Waals surface area contributed by atoms with Crippen LogP contribution in [0.3, 0.4) is 0 Å². The number of sulfonamides is 1. The average molecular weight is 549 g/mol. The van der Waals surface area contributed by atoms with Gasteiger partial charge in [0.2, 0.25) is 15.9 Å². The average Bonchev–Trinajstić information content (AvgIpc) is 2.74. The van der Waals surface area contributed by atoms with Gasteiger partial charge in [-0.2, -0.15) is 30.6 Å². The Labute approximate surface area is 200 Å². The Hall–Kier alpha value is -2.02. The van der Waals surface area contributed by atoms with Crippen molar-refractivity contribution in [1.82, 2.24) is 4.31 Å². The van der Waals surface area contributed by atoms with E-state index in [2.05, 4.69) is 5.32 Å². The first-order valence-electron chi connectivity index (χ1n) is 9.64. The molecule has 34 heavy (non-hydrogen) atoms. The largest absolute Gasteiger partial charge is 0.416 e. The third kappa shape index (κ3) is 5.96. The minimum absolute atomic E-state index is 0.00562. The fourth-order valence-electron chi connectivity index (χ4n) is 3.44. The van der Waals surface area contributed by atoms with E-state index in [0.29, 0.717) is 12.1 Å². The Balaban J connectivity index is 1.73. The van der Waals surface area contributed by atoms with Crippen molar-refractivity contribution in [3.05, 3.63) is 57.6 Å². The Morgan fingerprint density at radius 2 is 1.44 bits per heavy atom. The first kappa shape index (κ1) is 26.6. The lowest BCUT2D eigenvalue weighted by molar-refractivity contribution is -0.143. The number of halogens is 8. The van der Waals surface area contributed by atoms with Crippen LogP contribution in [0.15, 0.2) is 41.3 Å². The molecule has 0 bridgehead atoms. The highest BCUT2D eigenvalue weighted by molar-refractivity contribution is 7.89. The van der Waals surface area contributed by atoms with Gasteiger partial charge in [0.1, 0.15) is 4.90 Å². The van der Waals surface area contributed by atoms with Gasteiger partial charge in [-0.1, -0.05) is 23.2 Å². The number of alkyl halides is 6. The number of nitrogens with one attached hydrogen (secondary N) is 1. The molecule has 2 aromatic rings. The fourth-order valence-corrected chi connectivity index (χ4v) is 5.65. The molecule has 0 atom stereocenters. The number of hydrogen-bond acceptors (Lipinski definition) is 3. The van der Waals surface area contributed by atoms with Crippen LogP contribution in [0.4, 0.5) is 32.0 Å². The van der Waals surface area contributed by atoms with Gasteiger partial charge in [-0.3, -0.25) is 4.79 Å². The number of nitrogens with zero attached hydrogens (tertiary/aromatic N) is 1. The fraction of sp³-hybridized carbons (Fsp3) is 0.350. The van der Waals surface area contributed by atoms with Gasteiger partial charge >= 0.3 is 12.4 Å². The summed E-state index contributed by atoms with van der Waals surface area (Å²) in [7, 11) is -4.03. The van der Waals surface area contributed by atoms with Gasteiger partial charge in [0.25, 0.3) is 0 Å². The monoisotopic (exact) mass is 548 g/mol. The molecular weight excluding hydrogens is 533 g/mol. The van der Waals surface area contributed by atoms with Gasteiger partial charge in [0, 0.05) is 29.7 Å². The van der Waals surface area contributed by atoms with Crippen LogP contribution in [0.25, 0.3) is 0 Å². The van der Waals surface area contributed by atoms with Gasteiger partial charge < -0.3 is 5.32 Å². The van der Waals surface area contributed by atoms with Gasteiger partial charge in [0.15, 0.2) is 0 Å². The van der Waals surface area contributed by atoms with E-state index in [1.54, 1.807) is 0 Å². The topological polar surface area (TPSA) is 66.5 Å². The summed E-state index contributed by atoms with van der Waals surface area (Å²) in [5.41, 5.74) is -3.78. The molecule has 0 unspecified atom stereocenters. The lowest BCUT2D eigenvalue weighted by atomic mass is 9.97. The first-order chi connectivity index (χ1) is 15.6. The minimum Gasteiger partial charge on any atom is -0.326 e. The predicted molar refractivity (Wildman–Crippen MR) is 113 cm³/mol. The standard InChI is InChI=1S/C20H16Cl2F6N2O3S/c21-14-1-2-16(22)17(10-14)34(32,33)30-5-3-11(4-6-30)18(31)29-15-8-12(19(23,24)25)7-13(9-15)20(26,27)28/h1-2,7-11H,3-6H2,(H,29,31). The number of carbonyl (C=O) groups excluding carboxylic acids is 1. The second-order valence-corrected chi connectivity index (χ2v) is 10.3. The molecule has 0 aliphatic carbocycles. The lowest BCUT2D eigenvalue weighted by Gasteiger charge is -2.30. The molecule has 3 rings (SSSR count). The molecule has 14 heteroatoms. The highest BCUT2D eigenvalue weighted by Crippen LogP contribution is 2.38. The summed E-state index contributed by atoms with van der Waals surface area (Å²) < 4.78 is 105. The summed E-state index contributed by atoms with van der Waals surface area (Å²) in [6.45, 7) is -0.223. The summed E-state index contributed by atoms with van der Waals surface area (Å²) in [6.07, 6.45) is -10.1. The molecule has 1 aliphatic rings. The van der Waals surface area contributed by atoms with Crippen LogP contribution >= 0.6 is 23.2 Å². The maximum absolute atomic E-state index is 13.0. The van der Waals surface area contributed by atoms with Crippen molar-refractivity contribution in [1.29, 1.82) is 0 Å². The highest BCUT2D eigenvalue weighted by atomic mass is 35.5. The molecule has 0 saturated carbocycles. The van der Waals surface area contributed by atoms with E-state index in [4.69, 9.17) is 23.2 Å². The van der Waals surface area contributed by atoms with Crippen molar-refractivity contribution in [2.45, 2.75) is 30.1 Å². The lowest BCUT2D eigenvalue weighted by Crippen LogP contribution is -2.41. The van der Waals surface area contributed by atoms with Crippen LogP contribution in [0.2, 0.25) is 10.0 Å². The molecule has 0 radical (unpaired) electrons. The van der Waals surface area contributed by atoms with Gasteiger partial charge in [-0.05, 0) is 49.2 Å². The molecule has 2 aromatic carbocycles. The number of anilines is 1. The van der Waals surface area contributed by atoms with E-state index in [9.17, 15) is 39.6 Å². The Morgan fingerprint density at radius 3 is 1.94 bits per heavy atom. The zero-order valence-electron chi connectivity index (χ0n) is 17.0. The van der Waals surface area contributed by atoms with Crippen molar-refractivity contribution in [3.63, 3.8) is 0 Å². The molecule has 1 saturated heterocycles. The van der Waals surface area contributed by atoms with E-state index in [1.165, 1.54) is 18.2 Å². The molecule has 1 N–H and O–H groups in total. The second kappa shape index (κ2) is 9.56. The molecule has 0 aromatic heterocycles. The van der Waals surface area contributed by atoms with Crippen LogP contribution in [0.1, 0.15) is 24.0 Å². The van der Waals surface area contributed by atoms with E-state index < -0.39 is 51.0 Å². The summed E-state index contributed by atoms with van der Waals surface area (Å²) in [5.74, 6) is -1.64. The van der Waals surface area contributed by atoms with Crippen LogP contribution in [-0.2, 0) is 27.2 Å². The second-order valence-electron chi connectivity index (χ2n) is 7.54. The quantitative estimate of drug-likeness (QED) is 0.471. The summed E-state index contributed by atoms with van der Waals surface area (Å²) >= 11 is 11.8. The number of benzene rings is 2. The molecular formula is C20H16Cl2F6N2O3S. The minimum atomic E-state index is -5.05. The third-order valence-electron chi connectivity index (χ3n) is 5.19. The Kier molecular flexibility index (Phi) is 7.47. The summed E-state index contributed by atoms with van der Waals surface area (Å²) in [4.78, 5) is 12.3. The Morgan fingerprint density at radius 1 is 0.912 bits per heavy atom. The summed E-state index contributed by atoms with van der Waals surface area (Å²) in [6, 6.07) is 4.70. The zero-order chi connectivity index (χ0) is 25.5. The first-order valence-corrected chi connectivity index (χ1v) is 11.8. The smallest absolute Gasteiger partial charge is 0.326 e. The molecule has 0 spiro atoms. The number of carbonyl (C=O) groups is 1. The van der Waals surface area contributed by atoms with Crippen molar-refractivity contribution < 1.29 is 39.6 Å². The number of piperidine rings is 1. The van der Waals surface area contributed by atoms with E-state index in [0.717, 1.165) is 4.31 Å². The van der Waals surface area contributed by atoms with Gasteiger partial charge in [-0.25, -0.2) is 8.42 Å². The number of rotatable bonds is 4. The van der Waals surface area contributed by atoms with Crippen molar-refractivity contribution >= 4 is 44.8 Å². The van der Waals surface area contributed by atoms with Crippen LogP contribution in [0, 0.1) is 5.92 Å². The predicted octanol–water partition coefficient (Wildman–Crippen LogP) is 6.07. The van der Waals surface area contributed by atoms with E-state index in [1.807, 2.05) is 0 Å². The number of amides is 1. The maximum Gasteiger partial charge on any atom is 0.416 e. The molecule has 5 nitrogen and oxygen atoms in total. The molecule has 1 aliphatic heterocycles. The van der Waals surface area contributed by atoms with Crippen molar-refractivity contribution in [2.75, 3.05) is 18.4 Å². The molecule has 1 amide bonds. The molecule has 1 fully saturated rings. The van der Waals surface area contributed by atoms with Crippen molar-refractivity contribution in [3.8, 4) is 0 Å². The summed E-state index contributed by atoms with van der Waals surface area (Å²) in [5, 5.41) is 2.20. The molecule has 186 valence electrons. The normalized spacial score (nSPS) is 16.5. The van der Waals surface area contributed by atoms with Gasteiger partial charge in [0.05, 0.1) is 16.1 Å². The SMILES string of the molecule is O=C(Nc1cc(C(F)(F)F)cc(C(F)(F)F)c1)C1CCN(S(=O)(=O)c2cc(Cl)ccc2Cl)CC1. The third-order valence-corrected chi connectivity index (χ3v) is 7.81. The molecule has 1 heterocycles. The van der Waals surface area contributed by atoms with Crippen LogP contribution in [0.5, 0.6) is 0 Å². The highest BCUT2D eigenvalue weighted by Gasteiger charge is 2.38. The zero-order valence-corrected chi connectivity index (χ0v) is 19.3. The van der Waals surface area contributed by atoms with Crippen LogP contribution in [-0.4, -0.2) is 31.7 Å². The van der Waals surface area contributed by atoms with Gasteiger partial charge in [-0.15, -0.1) is 0 Å². The number of hydrogen-bond donors (Lipinski definition) is 1. The van der Waals surface area contributed by atoms with Crippen molar-refractivity contribution in [2.24, 2.45) is 5.92 Å². The van der Waals surface area contributed by atoms with E-state index in [-0.39, 0.29) is 46.9 Å². The van der Waals surface area contributed by atoms with Crippen LogP contribution < -0.4 is 5.32 Å².